The normalized spacial score (nSPS) is 16.0. The molecule has 0 radical (unpaired) electrons. The first kappa shape index (κ1) is 13.9. The number of carbonyl (C=O) groups excluding carboxylic acids is 1. The van der Waals surface area contributed by atoms with E-state index in [0.717, 1.165) is 18.7 Å². The van der Waals surface area contributed by atoms with Crippen LogP contribution < -0.4 is 5.32 Å². The number of carbonyl (C=O) groups is 1. The Labute approximate surface area is 127 Å². The zero-order chi connectivity index (χ0) is 14.7. The van der Waals surface area contributed by atoms with Crippen LogP contribution in [0.1, 0.15) is 23.3 Å². The van der Waals surface area contributed by atoms with Crippen molar-refractivity contribution in [3.63, 3.8) is 0 Å². The summed E-state index contributed by atoms with van der Waals surface area (Å²) in [6.45, 7) is 1.43. The molecule has 0 bridgehead atoms. The van der Waals surface area contributed by atoms with Crippen molar-refractivity contribution in [1.29, 1.82) is 0 Å². The molecule has 1 aliphatic rings. The minimum Gasteiger partial charge on any atom is -0.366 e. The molecular weight excluding hydrogens is 290 g/mol. The lowest BCUT2D eigenvalue weighted by atomic mass is 10.0. The summed E-state index contributed by atoms with van der Waals surface area (Å²) < 4.78 is 0. The van der Waals surface area contributed by atoms with Crippen LogP contribution >= 0.6 is 11.6 Å². The molecule has 0 spiro atoms. The quantitative estimate of drug-likeness (QED) is 0.911. The number of anilines is 1. The highest BCUT2D eigenvalue weighted by Gasteiger charge is 2.24. The molecule has 110 valence electrons. The number of piperidine rings is 1. The van der Waals surface area contributed by atoms with E-state index in [4.69, 9.17) is 11.6 Å². The Morgan fingerprint density at radius 3 is 2.86 bits per heavy atom. The third-order valence-electron chi connectivity index (χ3n) is 3.58. The van der Waals surface area contributed by atoms with Crippen molar-refractivity contribution < 1.29 is 4.79 Å². The van der Waals surface area contributed by atoms with Crippen LogP contribution in [0.15, 0.2) is 30.6 Å². The lowest BCUT2D eigenvalue weighted by Crippen LogP contribution is -2.42. The van der Waals surface area contributed by atoms with E-state index in [1.54, 1.807) is 18.5 Å². The predicted octanol–water partition coefficient (Wildman–Crippen LogP) is 2.17. The van der Waals surface area contributed by atoms with Gasteiger partial charge >= 0.3 is 0 Å². The molecule has 7 heteroatoms. The minimum atomic E-state index is -0.000136. The van der Waals surface area contributed by atoms with Crippen LogP contribution in [0.25, 0.3) is 0 Å². The number of aromatic amines is 1. The molecule has 3 rings (SSSR count). The van der Waals surface area contributed by atoms with Gasteiger partial charge in [0.15, 0.2) is 0 Å². The van der Waals surface area contributed by atoms with E-state index in [-0.39, 0.29) is 5.91 Å². The summed E-state index contributed by atoms with van der Waals surface area (Å²) in [7, 11) is 0. The molecule has 1 saturated heterocycles. The van der Waals surface area contributed by atoms with Gasteiger partial charge < -0.3 is 15.2 Å². The highest BCUT2D eigenvalue weighted by Crippen LogP contribution is 2.18. The summed E-state index contributed by atoms with van der Waals surface area (Å²) in [6.07, 6.45) is 5.04. The van der Waals surface area contributed by atoms with E-state index in [1.165, 1.54) is 0 Å². The van der Waals surface area contributed by atoms with Gasteiger partial charge in [0.1, 0.15) is 11.5 Å². The molecule has 6 nitrogen and oxygen atoms in total. The van der Waals surface area contributed by atoms with Crippen molar-refractivity contribution in [2.24, 2.45) is 0 Å². The summed E-state index contributed by atoms with van der Waals surface area (Å²) in [5, 5.41) is 11.8. The molecule has 2 N–H and O–H groups in total. The van der Waals surface area contributed by atoms with Gasteiger partial charge in [-0.2, -0.15) is 5.10 Å². The molecule has 1 fully saturated rings. The van der Waals surface area contributed by atoms with Crippen LogP contribution in [0, 0.1) is 0 Å². The van der Waals surface area contributed by atoms with Gasteiger partial charge in [-0.1, -0.05) is 11.6 Å². The number of rotatable bonds is 3. The van der Waals surface area contributed by atoms with E-state index in [2.05, 4.69) is 20.5 Å². The third kappa shape index (κ3) is 3.33. The number of nitrogens with one attached hydrogen (secondary N) is 2. The van der Waals surface area contributed by atoms with Gasteiger partial charge in [-0.25, -0.2) is 0 Å². The Balaban J connectivity index is 1.54. The van der Waals surface area contributed by atoms with Crippen LogP contribution in [0.4, 0.5) is 5.82 Å². The molecule has 1 aliphatic heterocycles. The summed E-state index contributed by atoms with van der Waals surface area (Å²) in [6, 6.07) is 5.72. The smallest absolute Gasteiger partial charge is 0.270 e. The minimum absolute atomic E-state index is 0.000136. The van der Waals surface area contributed by atoms with Crippen molar-refractivity contribution in [2.75, 3.05) is 18.4 Å². The van der Waals surface area contributed by atoms with Crippen LogP contribution in [-0.2, 0) is 0 Å². The molecule has 21 heavy (non-hydrogen) atoms. The largest absolute Gasteiger partial charge is 0.366 e. The molecule has 2 aromatic heterocycles. The highest BCUT2D eigenvalue weighted by atomic mass is 35.5. The van der Waals surface area contributed by atoms with Crippen LogP contribution in [0.3, 0.4) is 0 Å². The summed E-state index contributed by atoms with van der Waals surface area (Å²) in [4.78, 5) is 17.0. The average Bonchev–Trinajstić information content (AvgIpc) is 2.95. The van der Waals surface area contributed by atoms with E-state index >= 15 is 0 Å². The number of likely N-dealkylation sites (tertiary alicyclic amines) is 1. The van der Waals surface area contributed by atoms with Crippen molar-refractivity contribution in [3.8, 4) is 0 Å². The molecule has 0 aromatic carbocycles. The van der Waals surface area contributed by atoms with E-state index in [9.17, 15) is 4.79 Å². The van der Waals surface area contributed by atoms with Crippen molar-refractivity contribution >= 4 is 23.3 Å². The molecule has 2 aromatic rings. The molecule has 1 amide bonds. The van der Waals surface area contributed by atoms with Crippen molar-refractivity contribution in [3.05, 3.63) is 41.3 Å². The molecule has 0 atom stereocenters. The van der Waals surface area contributed by atoms with Crippen LogP contribution in [0.2, 0.25) is 5.02 Å². The third-order valence-corrected chi connectivity index (χ3v) is 3.80. The maximum absolute atomic E-state index is 12.3. The number of H-pyrrole nitrogens is 1. The van der Waals surface area contributed by atoms with E-state index < -0.39 is 0 Å². The topological polar surface area (TPSA) is 73.9 Å². The number of nitrogens with zero attached hydrogens (tertiary/aromatic N) is 3. The molecule has 0 saturated carbocycles. The second kappa shape index (κ2) is 6.13. The number of hydrogen-bond donors (Lipinski definition) is 2. The summed E-state index contributed by atoms with van der Waals surface area (Å²) in [5.41, 5.74) is 0.542. The lowest BCUT2D eigenvalue weighted by Gasteiger charge is -2.32. The fourth-order valence-corrected chi connectivity index (χ4v) is 2.64. The van der Waals surface area contributed by atoms with Gasteiger partial charge in [0.05, 0.1) is 5.02 Å². The monoisotopic (exact) mass is 305 g/mol. The zero-order valence-corrected chi connectivity index (χ0v) is 12.2. The Morgan fingerprint density at radius 1 is 1.43 bits per heavy atom. The fourth-order valence-electron chi connectivity index (χ4n) is 2.48. The molecular formula is C14H16ClN5O. The fraction of sp³-hybridized carbons (Fsp3) is 0.357. The van der Waals surface area contributed by atoms with E-state index in [0.29, 0.717) is 29.8 Å². The van der Waals surface area contributed by atoms with Gasteiger partial charge in [0.2, 0.25) is 0 Å². The van der Waals surface area contributed by atoms with Crippen molar-refractivity contribution in [2.45, 2.75) is 18.9 Å². The zero-order valence-electron chi connectivity index (χ0n) is 11.4. The predicted molar refractivity (Wildman–Crippen MR) is 80.4 cm³/mol. The SMILES string of the molecule is O=C(c1cc(Cl)c[nH]1)N1CCC(Nc2cccnn2)CC1. The maximum atomic E-state index is 12.3. The second-order valence-corrected chi connectivity index (χ2v) is 5.49. The molecule has 0 aliphatic carbocycles. The Bertz CT molecular complexity index is 607. The lowest BCUT2D eigenvalue weighted by molar-refractivity contribution is 0.0713. The van der Waals surface area contributed by atoms with E-state index in [1.807, 2.05) is 17.0 Å². The first-order valence-electron chi connectivity index (χ1n) is 6.90. The number of amides is 1. The first-order valence-corrected chi connectivity index (χ1v) is 7.27. The first-order chi connectivity index (χ1) is 10.2. The maximum Gasteiger partial charge on any atom is 0.270 e. The summed E-state index contributed by atoms with van der Waals surface area (Å²) in [5.74, 6) is 0.776. The molecule has 0 unspecified atom stereocenters. The van der Waals surface area contributed by atoms with Crippen LogP contribution in [-0.4, -0.2) is 45.1 Å². The average molecular weight is 306 g/mol. The Morgan fingerprint density at radius 2 is 2.24 bits per heavy atom. The number of hydrogen-bond acceptors (Lipinski definition) is 4. The van der Waals surface area contributed by atoms with Gasteiger partial charge in [-0.15, -0.1) is 5.10 Å². The Kier molecular flexibility index (Phi) is 4.06. The van der Waals surface area contributed by atoms with Crippen LogP contribution in [0.5, 0.6) is 0 Å². The Hall–Kier alpha value is -2.08. The van der Waals surface area contributed by atoms with Gasteiger partial charge in [-0.3, -0.25) is 4.79 Å². The highest BCUT2D eigenvalue weighted by molar-refractivity contribution is 6.30. The second-order valence-electron chi connectivity index (χ2n) is 5.05. The van der Waals surface area contributed by atoms with Crippen molar-refractivity contribution in [1.82, 2.24) is 20.1 Å². The summed E-state index contributed by atoms with van der Waals surface area (Å²) >= 11 is 5.83. The molecule has 3 heterocycles. The standard InChI is InChI=1S/C14H16ClN5O/c15-10-8-12(16-9-10)14(21)20-6-3-11(4-7-20)18-13-2-1-5-17-19-13/h1-2,5,8-9,11,16H,3-4,6-7H2,(H,18,19). The van der Waals surface area contributed by atoms with Gasteiger partial charge in [-0.05, 0) is 31.0 Å². The van der Waals surface area contributed by atoms with Gasteiger partial charge in [0, 0.05) is 31.5 Å². The van der Waals surface area contributed by atoms with Gasteiger partial charge in [0.25, 0.3) is 5.91 Å². The number of aromatic nitrogens is 3. The number of halogens is 1.